The van der Waals surface area contributed by atoms with Gasteiger partial charge in [-0.2, -0.15) is 0 Å². The van der Waals surface area contributed by atoms with E-state index in [-0.39, 0.29) is 0 Å². The Bertz CT molecular complexity index is 967. The Hall–Kier alpha value is -3.00. The molecule has 0 atom stereocenters. The Morgan fingerprint density at radius 2 is 1.21 bits per heavy atom. The molecule has 0 bridgehead atoms. The quantitative estimate of drug-likeness (QED) is 0.523. The van der Waals surface area contributed by atoms with Gasteiger partial charge in [0.15, 0.2) is 0 Å². The molecule has 0 aliphatic rings. The zero-order chi connectivity index (χ0) is 16.4. The summed E-state index contributed by atoms with van der Waals surface area (Å²) < 4.78 is 0. The predicted octanol–water partition coefficient (Wildman–Crippen LogP) is 5.04. The molecular formula is C22H16BN. The summed E-state index contributed by atoms with van der Waals surface area (Å²) in [5.41, 5.74) is 5.33. The molecule has 0 spiro atoms. The summed E-state index contributed by atoms with van der Waals surface area (Å²) in [6, 6.07) is 31.2. The minimum Gasteiger partial charge on any atom is -0.356 e. The molecule has 0 saturated heterocycles. The van der Waals surface area contributed by atoms with Gasteiger partial charge in [0.2, 0.25) is 0 Å². The summed E-state index contributed by atoms with van der Waals surface area (Å²) in [6.45, 7) is 0. The van der Waals surface area contributed by atoms with Gasteiger partial charge in [-0.3, -0.25) is 0 Å². The minimum absolute atomic E-state index is 0.770. The molecule has 1 nitrogen and oxygen atoms in total. The highest BCUT2D eigenvalue weighted by atomic mass is 14.9. The molecule has 0 unspecified atom stereocenters. The van der Waals surface area contributed by atoms with Gasteiger partial charge in [0.05, 0.1) is 0 Å². The summed E-state index contributed by atoms with van der Waals surface area (Å²) >= 11 is 0. The van der Waals surface area contributed by atoms with Crippen molar-refractivity contribution in [2.24, 2.45) is 0 Å². The van der Waals surface area contributed by atoms with Crippen LogP contribution in [0.3, 0.4) is 0 Å². The third-order valence-corrected chi connectivity index (χ3v) is 4.18. The van der Waals surface area contributed by atoms with Crippen molar-refractivity contribution in [1.29, 1.82) is 0 Å². The number of nitrogens with one attached hydrogen (secondary N) is 1. The van der Waals surface area contributed by atoms with Crippen LogP contribution in [0.5, 0.6) is 0 Å². The number of rotatable bonds is 3. The van der Waals surface area contributed by atoms with Gasteiger partial charge in [-0.15, -0.1) is 0 Å². The second-order valence-electron chi connectivity index (χ2n) is 5.85. The number of hydrogen-bond donors (Lipinski definition) is 1. The molecule has 0 saturated carbocycles. The second kappa shape index (κ2) is 6.25. The molecule has 112 valence electrons. The first-order chi connectivity index (χ1) is 11.8. The van der Waals surface area contributed by atoms with E-state index < -0.39 is 0 Å². The zero-order valence-electron chi connectivity index (χ0n) is 13.2. The molecular weight excluding hydrogens is 289 g/mol. The number of fused-ring (bicyclic) bond motifs is 1. The van der Waals surface area contributed by atoms with Gasteiger partial charge < -0.3 is 5.32 Å². The van der Waals surface area contributed by atoms with Crippen LogP contribution >= 0.6 is 0 Å². The van der Waals surface area contributed by atoms with E-state index in [4.69, 9.17) is 7.85 Å². The third kappa shape index (κ3) is 2.91. The summed E-state index contributed by atoms with van der Waals surface area (Å²) in [5.74, 6) is 0. The predicted molar refractivity (Wildman–Crippen MR) is 104 cm³/mol. The van der Waals surface area contributed by atoms with E-state index >= 15 is 0 Å². The maximum Gasteiger partial charge on any atom is 0.113 e. The first kappa shape index (κ1) is 14.6. The molecule has 0 aromatic heterocycles. The number of benzene rings is 4. The molecule has 24 heavy (non-hydrogen) atoms. The molecule has 0 heterocycles. The van der Waals surface area contributed by atoms with E-state index in [9.17, 15) is 0 Å². The van der Waals surface area contributed by atoms with E-state index in [1.165, 1.54) is 21.9 Å². The van der Waals surface area contributed by atoms with Gasteiger partial charge in [0.1, 0.15) is 7.85 Å². The van der Waals surface area contributed by atoms with E-state index in [1.54, 1.807) is 0 Å². The van der Waals surface area contributed by atoms with E-state index in [0.29, 0.717) is 0 Å². The average Bonchev–Trinajstić information content (AvgIpc) is 2.64. The van der Waals surface area contributed by atoms with Gasteiger partial charge in [-0.05, 0) is 46.2 Å². The number of hydrogen-bond acceptors (Lipinski definition) is 1. The molecule has 0 amide bonds. The van der Waals surface area contributed by atoms with Crippen LogP contribution in [0, 0.1) is 0 Å². The Balaban J connectivity index is 1.64. The molecule has 0 aliphatic carbocycles. The van der Waals surface area contributed by atoms with E-state index in [2.05, 4.69) is 72.0 Å². The van der Waals surface area contributed by atoms with Crippen LogP contribution in [0.2, 0.25) is 0 Å². The first-order valence-electron chi connectivity index (χ1n) is 8.00. The monoisotopic (exact) mass is 305 g/mol. The van der Waals surface area contributed by atoms with Crippen molar-refractivity contribution in [2.45, 2.75) is 0 Å². The van der Waals surface area contributed by atoms with Crippen LogP contribution < -0.4 is 10.8 Å². The lowest BCUT2D eigenvalue weighted by molar-refractivity contribution is 1.55. The Kier molecular flexibility index (Phi) is 3.80. The van der Waals surface area contributed by atoms with E-state index in [1.807, 2.05) is 24.3 Å². The van der Waals surface area contributed by atoms with E-state index in [0.717, 1.165) is 16.8 Å². The maximum absolute atomic E-state index is 5.72. The van der Waals surface area contributed by atoms with Crippen molar-refractivity contribution in [3.63, 3.8) is 0 Å². The van der Waals surface area contributed by atoms with Crippen LogP contribution in [0.1, 0.15) is 0 Å². The fourth-order valence-electron chi connectivity index (χ4n) is 2.94. The lowest BCUT2D eigenvalue weighted by atomic mass is 9.96. The second-order valence-corrected chi connectivity index (χ2v) is 5.85. The normalized spacial score (nSPS) is 10.7. The topological polar surface area (TPSA) is 12.0 Å². The average molecular weight is 305 g/mol. The molecule has 1 N–H and O–H groups in total. The van der Waals surface area contributed by atoms with Gasteiger partial charge in [0.25, 0.3) is 0 Å². The SMILES string of the molecule is [B]c1ccc(Nc2ccc(-c3cccc4ccccc34)cc2)cc1. The molecule has 4 aromatic rings. The Labute approximate surface area is 143 Å². The number of anilines is 2. The van der Waals surface area contributed by atoms with Gasteiger partial charge in [-0.25, -0.2) is 0 Å². The molecule has 2 radical (unpaired) electrons. The summed E-state index contributed by atoms with van der Waals surface area (Å²) in [4.78, 5) is 0. The summed E-state index contributed by atoms with van der Waals surface area (Å²) in [6.07, 6.45) is 0. The van der Waals surface area contributed by atoms with Crippen molar-refractivity contribution in [3.05, 3.63) is 91.0 Å². The Morgan fingerprint density at radius 1 is 0.583 bits per heavy atom. The Morgan fingerprint density at radius 3 is 1.96 bits per heavy atom. The minimum atomic E-state index is 0.770. The standard InChI is InChI=1S/C22H16BN/c23-18-10-14-20(15-11-18)24-19-12-8-17(9-13-19)22-7-3-5-16-4-1-2-6-21(16)22/h1-15,24H. The molecule has 0 aliphatic heterocycles. The lowest BCUT2D eigenvalue weighted by Gasteiger charge is -2.10. The van der Waals surface area contributed by atoms with Crippen LogP contribution in [0.25, 0.3) is 21.9 Å². The highest BCUT2D eigenvalue weighted by Crippen LogP contribution is 2.29. The van der Waals surface area contributed by atoms with Gasteiger partial charge >= 0.3 is 0 Å². The maximum atomic E-state index is 5.72. The van der Waals surface area contributed by atoms with Crippen LogP contribution in [0.4, 0.5) is 11.4 Å². The summed E-state index contributed by atoms with van der Waals surface area (Å²) in [5, 5.41) is 5.93. The van der Waals surface area contributed by atoms with Crippen LogP contribution in [0.15, 0.2) is 91.0 Å². The van der Waals surface area contributed by atoms with Crippen molar-refractivity contribution >= 4 is 35.5 Å². The fourth-order valence-corrected chi connectivity index (χ4v) is 2.94. The van der Waals surface area contributed by atoms with Crippen molar-refractivity contribution in [3.8, 4) is 11.1 Å². The van der Waals surface area contributed by atoms with Gasteiger partial charge in [0, 0.05) is 11.4 Å². The van der Waals surface area contributed by atoms with Crippen molar-refractivity contribution < 1.29 is 0 Å². The highest BCUT2D eigenvalue weighted by Gasteiger charge is 2.03. The molecule has 2 heteroatoms. The lowest BCUT2D eigenvalue weighted by Crippen LogP contribution is -2.00. The molecule has 4 rings (SSSR count). The van der Waals surface area contributed by atoms with Crippen molar-refractivity contribution in [1.82, 2.24) is 0 Å². The first-order valence-corrected chi connectivity index (χ1v) is 8.00. The van der Waals surface area contributed by atoms with Crippen LogP contribution in [-0.4, -0.2) is 7.85 Å². The molecule has 4 aromatic carbocycles. The molecule has 0 fully saturated rings. The van der Waals surface area contributed by atoms with Gasteiger partial charge in [-0.1, -0.05) is 72.2 Å². The van der Waals surface area contributed by atoms with Crippen LogP contribution in [-0.2, 0) is 0 Å². The van der Waals surface area contributed by atoms with Crippen molar-refractivity contribution in [2.75, 3.05) is 5.32 Å². The third-order valence-electron chi connectivity index (χ3n) is 4.18. The fraction of sp³-hybridized carbons (Fsp3) is 0. The summed E-state index contributed by atoms with van der Waals surface area (Å²) in [7, 11) is 5.72. The zero-order valence-corrected chi connectivity index (χ0v) is 13.2. The highest BCUT2D eigenvalue weighted by molar-refractivity contribution is 6.32. The largest absolute Gasteiger partial charge is 0.356 e. The smallest absolute Gasteiger partial charge is 0.113 e.